The minimum absolute atomic E-state index is 0.105. The third-order valence-electron chi connectivity index (χ3n) is 4.62. The van der Waals surface area contributed by atoms with Crippen molar-refractivity contribution in [1.82, 2.24) is 10.6 Å². The zero-order valence-electron chi connectivity index (χ0n) is 15.9. The molecule has 0 radical (unpaired) electrons. The fourth-order valence-corrected chi connectivity index (χ4v) is 3.32. The summed E-state index contributed by atoms with van der Waals surface area (Å²) < 4.78 is 27.2. The molecule has 2 aromatic rings. The summed E-state index contributed by atoms with van der Waals surface area (Å²) in [5, 5.41) is 31.1. The van der Waals surface area contributed by atoms with E-state index >= 15 is 0 Å². The fraction of sp³-hybridized carbons (Fsp3) is 0.368. The number of aliphatic hydroxyl groups is 2. The maximum atomic E-state index is 12.0. The van der Waals surface area contributed by atoms with Crippen LogP contribution in [0, 0.1) is 11.8 Å². The predicted molar refractivity (Wildman–Crippen MR) is 102 cm³/mol. The highest BCUT2D eigenvalue weighted by Crippen LogP contribution is 2.23. The van der Waals surface area contributed by atoms with Crippen LogP contribution in [-0.2, 0) is 21.1 Å². The van der Waals surface area contributed by atoms with Gasteiger partial charge in [0.25, 0.3) is 5.91 Å². The van der Waals surface area contributed by atoms with Crippen molar-refractivity contribution in [2.45, 2.75) is 30.6 Å². The molecule has 9 nitrogen and oxygen atoms in total. The van der Waals surface area contributed by atoms with Gasteiger partial charge in [0.2, 0.25) is 5.76 Å². The molecule has 2 rings (SSSR count). The van der Waals surface area contributed by atoms with Crippen LogP contribution >= 0.6 is 0 Å². The van der Waals surface area contributed by atoms with E-state index in [0.717, 1.165) is 6.26 Å². The van der Waals surface area contributed by atoms with E-state index in [9.17, 15) is 18.3 Å². The molecule has 1 aromatic carbocycles. The first-order valence-corrected chi connectivity index (χ1v) is 10.5. The number of benzene rings is 1. The number of hydroxylamine groups is 1. The van der Waals surface area contributed by atoms with Gasteiger partial charge < -0.3 is 14.7 Å². The molecule has 0 aliphatic carbocycles. The van der Waals surface area contributed by atoms with Crippen LogP contribution in [0.2, 0.25) is 0 Å². The maximum Gasteiger partial charge on any atom is 0.264 e. The topological polar surface area (TPSA) is 150 Å². The van der Waals surface area contributed by atoms with Crippen molar-refractivity contribution in [2.75, 3.05) is 12.9 Å². The highest BCUT2D eigenvalue weighted by molar-refractivity contribution is 7.92. The second kappa shape index (κ2) is 9.19. The van der Waals surface area contributed by atoms with Crippen LogP contribution in [0.25, 0.3) is 0 Å². The third kappa shape index (κ3) is 5.42. The summed E-state index contributed by atoms with van der Waals surface area (Å²) in [6.45, 7) is 0.857. The van der Waals surface area contributed by atoms with Gasteiger partial charge in [0, 0.05) is 17.9 Å². The van der Waals surface area contributed by atoms with E-state index in [1.54, 1.807) is 24.3 Å². The van der Waals surface area contributed by atoms with Gasteiger partial charge in [-0.05, 0) is 43.4 Å². The summed E-state index contributed by atoms with van der Waals surface area (Å²) >= 11 is 0. The van der Waals surface area contributed by atoms with Crippen molar-refractivity contribution in [2.24, 2.45) is 0 Å². The van der Waals surface area contributed by atoms with Gasteiger partial charge in [-0.3, -0.25) is 10.0 Å². The van der Waals surface area contributed by atoms with Gasteiger partial charge in [-0.25, -0.2) is 13.9 Å². The molecular weight excluding hydrogens is 400 g/mol. The lowest BCUT2D eigenvalue weighted by molar-refractivity contribution is -0.131. The molecule has 1 unspecified atom stereocenters. The number of carbonyl (C=O) groups excluding carboxylic acids is 1. The Labute approximate surface area is 168 Å². The first kappa shape index (κ1) is 22.6. The molecule has 29 heavy (non-hydrogen) atoms. The maximum absolute atomic E-state index is 12.0. The Bertz CT molecular complexity index is 1020. The Morgan fingerprint density at radius 1 is 1.31 bits per heavy atom. The third-order valence-corrected chi connectivity index (χ3v) is 6.64. The van der Waals surface area contributed by atoms with E-state index in [2.05, 4.69) is 17.0 Å². The van der Waals surface area contributed by atoms with Crippen molar-refractivity contribution >= 4 is 15.7 Å². The number of hydrogen-bond donors (Lipinski definition) is 4. The molecule has 0 aliphatic heterocycles. The minimum Gasteiger partial charge on any atom is -0.393 e. The number of amides is 1. The second-order valence-corrected chi connectivity index (χ2v) is 9.14. The SMILES string of the molecule is CC(CCc1cc(C#Cc2ccc([C@@H](O)CO)cc2)on1)(C(=O)NO)S(C)(=O)=O. The Kier molecular flexibility index (Phi) is 7.16. The number of rotatable bonds is 7. The molecule has 10 heteroatoms. The molecule has 0 bridgehead atoms. The molecule has 1 aromatic heterocycles. The average molecular weight is 422 g/mol. The summed E-state index contributed by atoms with van der Waals surface area (Å²) in [4.78, 5) is 11.8. The second-order valence-electron chi connectivity index (χ2n) is 6.70. The molecular formula is C19H22N2O7S. The monoisotopic (exact) mass is 422 g/mol. The Balaban J connectivity index is 2.08. The van der Waals surface area contributed by atoms with Crippen molar-refractivity contribution in [3.05, 3.63) is 52.9 Å². The summed E-state index contributed by atoms with van der Waals surface area (Å²) in [5.41, 5.74) is 3.03. The van der Waals surface area contributed by atoms with Gasteiger partial charge >= 0.3 is 0 Å². The highest BCUT2D eigenvalue weighted by Gasteiger charge is 2.43. The number of carbonyl (C=O) groups is 1. The van der Waals surface area contributed by atoms with E-state index in [0.29, 0.717) is 16.8 Å². The zero-order valence-corrected chi connectivity index (χ0v) is 16.7. The average Bonchev–Trinajstić information content (AvgIpc) is 3.16. The molecule has 0 fully saturated rings. The van der Waals surface area contributed by atoms with Crippen molar-refractivity contribution in [3.63, 3.8) is 0 Å². The molecule has 1 amide bonds. The van der Waals surface area contributed by atoms with Crippen LogP contribution < -0.4 is 5.48 Å². The molecule has 1 heterocycles. The molecule has 0 saturated heterocycles. The molecule has 0 spiro atoms. The number of nitrogens with zero attached hydrogens (tertiary/aromatic N) is 1. The lowest BCUT2D eigenvalue weighted by Crippen LogP contribution is -2.49. The highest BCUT2D eigenvalue weighted by atomic mass is 32.2. The summed E-state index contributed by atoms with van der Waals surface area (Å²) in [6, 6.07) is 8.20. The van der Waals surface area contributed by atoms with Crippen molar-refractivity contribution in [3.8, 4) is 11.8 Å². The van der Waals surface area contributed by atoms with E-state index in [1.807, 2.05) is 0 Å². The van der Waals surface area contributed by atoms with Crippen LogP contribution in [0.4, 0.5) is 0 Å². The Morgan fingerprint density at radius 3 is 2.52 bits per heavy atom. The van der Waals surface area contributed by atoms with Crippen LogP contribution in [0.3, 0.4) is 0 Å². The van der Waals surface area contributed by atoms with Crippen LogP contribution in [0.15, 0.2) is 34.9 Å². The molecule has 156 valence electrons. The first-order valence-electron chi connectivity index (χ1n) is 8.61. The Hall–Kier alpha value is -2.71. The van der Waals surface area contributed by atoms with Crippen LogP contribution in [-0.4, -0.2) is 52.5 Å². The zero-order chi connectivity index (χ0) is 21.7. The van der Waals surface area contributed by atoms with Gasteiger partial charge in [-0.1, -0.05) is 23.2 Å². The first-order chi connectivity index (χ1) is 13.6. The van der Waals surface area contributed by atoms with E-state index < -0.39 is 26.6 Å². The lowest BCUT2D eigenvalue weighted by atomic mass is 10.0. The standard InChI is InChI=1S/C19H22N2O7S/c1-19(18(24)20-25,29(2,26)27)10-9-15-11-16(28-21-15)8-5-13-3-6-14(7-4-13)17(23)12-22/h3-4,6-7,11,17,22-23,25H,9-10,12H2,1-2H3,(H,20,24)/t17-,19?/m0/s1. The van der Waals surface area contributed by atoms with Crippen molar-refractivity contribution < 1.29 is 33.2 Å². The molecule has 0 aliphatic rings. The number of nitrogens with one attached hydrogen (secondary N) is 1. The summed E-state index contributed by atoms with van der Waals surface area (Å²) in [6.07, 6.45) is -0.00558. The number of hydrogen-bond acceptors (Lipinski definition) is 8. The number of aromatic nitrogens is 1. The smallest absolute Gasteiger partial charge is 0.264 e. The number of aliphatic hydroxyl groups excluding tert-OH is 2. The van der Waals surface area contributed by atoms with Gasteiger partial charge in [0.15, 0.2) is 9.84 Å². The van der Waals surface area contributed by atoms with E-state index in [4.69, 9.17) is 14.8 Å². The van der Waals surface area contributed by atoms with Gasteiger partial charge in [0.05, 0.1) is 12.3 Å². The summed E-state index contributed by atoms with van der Waals surface area (Å²) in [5.74, 6) is 4.88. The Morgan fingerprint density at radius 2 is 1.97 bits per heavy atom. The summed E-state index contributed by atoms with van der Waals surface area (Å²) in [7, 11) is -3.79. The largest absolute Gasteiger partial charge is 0.393 e. The predicted octanol–water partition coefficient (Wildman–Crippen LogP) is 0.341. The van der Waals surface area contributed by atoms with Gasteiger partial charge in [0.1, 0.15) is 10.9 Å². The van der Waals surface area contributed by atoms with Crippen molar-refractivity contribution in [1.29, 1.82) is 0 Å². The number of aryl methyl sites for hydroxylation is 1. The molecule has 0 saturated carbocycles. The molecule has 2 atom stereocenters. The van der Waals surface area contributed by atoms with Gasteiger partial charge in [-0.2, -0.15) is 0 Å². The van der Waals surface area contributed by atoms with Crippen LogP contribution in [0.5, 0.6) is 0 Å². The fourth-order valence-electron chi connectivity index (χ4n) is 2.47. The van der Waals surface area contributed by atoms with E-state index in [1.165, 1.54) is 18.5 Å². The normalized spacial score (nSPS) is 14.4. The van der Waals surface area contributed by atoms with E-state index in [-0.39, 0.29) is 25.2 Å². The van der Waals surface area contributed by atoms with Crippen LogP contribution in [0.1, 0.15) is 42.0 Å². The number of sulfone groups is 1. The quantitative estimate of drug-likeness (QED) is 0.283. The van der Waals surface area contributed by atoms with Gasteiger partial charge in [-0.15, -0.1) is 0 Å². The molecule has 4 N–H and O–H groups in total. The minimum atomic E-state index is -3.79. The lowest BCUT2D eigenvalue weighted by Gasteiger charge is -2.24.